The minimum absolute atomic E-state index is 0.0123. The van der Waals surface area contributed by atoms with E-state index in [2.05, 4.69) is 20.9 Å². The number of furan rings is 1. The van der Waals surface area contributed by atoms with E-state index in [1.54, 1.807) is 10.9 Å². The molecule has 0 spiro atoms. The highest BCUT2D eigenvalue weighted by Crippen LogP contribution is 2.35. The van der Waals surface area contributed by atoms with Crippen LogP contribution < -0.4 is 10.6 Å². The van der Waals surface area contributed by atoms with Crippen molar-refractivity contribution >= 4 is 23.8 Å². The number of aliphatic hydroxyl groups excluding tert-OH is 1. The number of benzene rings is 1. The summed E-state index contributed by atoms with van der Waals surface area (Å²) < 4.78 is 16.8. The van der Waals surface area contributed by atoms with Gasteiger partial charge in [0, 0.05) is 13.3 Å². The van der Waals surface area contributed by atoms with E-state index in [4.69, 9.17) is 13.9 Å². The van der Waals surface area contributed by atoms with Crippen LogP contribution in [0.4, 0.5) is 4.79 Å². The zero-order chi connectivity index (χ0) is 33.3. The van der Waals surface area contributed by atoms with Crippen molar-refractivity contribution in [2.45, 2.75) is 82.5 Å². The summed E-state index contributed by atoms with van der Waals surface area (Å²) in [6, 6.07) is 7.82. The Kier molecular flexibility index (Phi) is 11.7. The average Bonchev–Trinajstić information content (AvgIpc) is 3.69. The molecule has 248 valence electrons. The van der Waals surface area contributed by atoms with Gasteiger partial charge in [0.1, 0.15) is 28.2 Å². The number of rotatable bonds is 14. The molecule has 2 aromatic heterocycles. The number of aryl methyl sites for hydroxylation is 1. The summed E-state index contributed by atoms with van der Waals surface area (Å²) in [5, 5.41) is 35.3. The zero-order valence-corrected chi connectivity index (χ0v) is 26.3. The largest absolute Gasteiger partial charge is 0.465 e. The summed E-state index contributed by atoms with van der Waals surface area (Å²) in [7, 11) is 2.23. The maximum atomic E-state index is 13.2. The fourth-order valence-electron chi connectivity index (χ4n) is 5.72. The van der Waals surface area contributed by atoms with Crippen molar-refractivity contribution in [2.75, 3.05) is 20.8 Å². The second-order valence-corrected chi connectivity index (χ2v) is 11.5. The maximum Gasteiger partial charge on any atom is 0.342 e. The van der Waals surface area contributed by atoms with Gasteiger partial charge in [0.15, 0.2) is 11.5 Å². The predicted octanol–water partition coefficient (Wildman–Crippen LogP) is 2.70. The van der Waals surface area contributed by atoms with E-state index in [-0.39, 0.29) is 42.0 Å². The summed E-state index contributed by atoms with van der Waals surface area (Å²) in [5.74, 6) is -2.78. The number of aromatic nitrogens is 3. The molecule has 0 radical (unpaired) electrons. The maximum absolute atomic E-state index is 13.2. The summed E-state index contributed by atoms with van der Waals surface area (Å²) >= 11 is 0. The summed E-state index contributed by atoms with van der Waals surface area (Å²) in [6.45, 7) is 1.01. The van der Waals surface area contributed by atoms with Crippen molar-refractivity contribution in [3.8, 4) is 0 Å². The SMILES string of the molecule is COC(=O)c1c(CC[C@@H](CO)NC(=O)N[C@@H](Cc2ccccc2)Cn2cc(C3(O)CCCCC3)nn2)oc(C(C)=O)c1C(=O)OC. The van der Waals surface area contributed by atoms with Crippen LogP contribution in [0.25, 0.3) is 0 Å². The molecule has 0 aliphatic heterocycles. The number of hydrogen-bond donors (Lipinski definition) is 4. The first-order valence-electron chi connectivity index (χ1n) is 15.3. The van der Waals surface area contributed by atoms with E-state index < -0.39 is 48.0 Å². The van der Waals surface area contributed by atoms with Gasteiger partial charge in [0.05, 0.1) is 45.7 Å². The van der Waals surface area contributed by atoms with Crippen molar-refractivity contribution in [1.29, 1.82) is 0 Å². The third kappa shape index (κ3) is 8.37. The first kappa shape index (κ1) is 34.3. The summed E-state index contributed by atoms with van der Waals surface area (Å²) in [4.78, 5) is 50.4. The molecule has 0 saturated heterocycles. The molecule has 46 heavy (non-hydrogen) atoms. The quantitative estimate of drug-likeness (QED) is 0.150. The fourth-order valence-corrected chi connectivity index (χ4v) is 5.72. The Bertz CT molecular complexity index is 1510. The molecule has 2 heterocycles. The molecule has 0 unspecified atom stereocenters. The second kappa shape index (κ2) is 15.6. The summed E-state index contributed by atoms with van der Waals surface area (Å²) in [6.07, 6.45) is 6.42. The van der Waals surface area contributed by atoms with Crippen molar-refractivity contribution in [3.05, 3.63) is 70.4 Å². The Labute approximate surface area is 266 Å². The molecule has 2 atom stereocenters. The lowest BCUT2D eigenvalue weighted by Crippen LogP contribution is -2.49. The number of carbonyl (C=O) groups is 4. The predicted molar refractivity (Wildman–Crippen MR) is 163 cm³/mol. The Hall–Kier alpha value is -4.56. The number of urea groups is 1. The van der Waals surface area contributed by atoms with Gasteiger partial charge in [-0.2, -0.15) is 0 Å². The van der Waals surface area contributed by atoms with E-state index in [1.807, 2.05) is 30.3 Å². The molecule has 1 saturated carbocycles. The topological polar surface area (TPSA) is 195 Å². The average molecular weight is 640 g/mol. The molecule has 2 amide bonds. The van der Waals surface area contributed by atoms with Gasteiger partial charge >= 0.3 is 18.0 Å². The van der Waals surface area contributed by atoms with Crippen LogP contribution in [0.5, 0.6) is 0 Å². The lowest BCUT2D eigenvalue weighted by molar-refractivity contribution is -0.00476. The number of methoxy groups -OCH3 is 2. The lowest BCUT2D eigenvalue weighted by Gasteiger charge is -2.29. The number of amides is 2. The van der Waals surface area contributed by atoms with E-state index in [9.17, 15) is 29.4 Å². The number of ketones is 1. The highest BCUT2D eigenvalue weighted by molar-refractivity contribution is 6.11. The van der Waals surface area contributed by atoms with Gasteiger partial charge in [-0.15, -0.1) is 5.10 Å². The van der Waals surface area contributed by atoms with E-state index in [0.717, 1.165) is 39.0 Å². The van der Waals surface area contributed by atoms with Gasteiger partial charge in [-0.05, 0) is 31.2 Å². The van der Waals surface area contributed by atoms with Crippen molar-refractivity contribution < 1.29 is 43.3 Å². The number of carbonyl (C=O) groups excluding carboxylic acids is 4. The fraction of sp³-hybridized carbons (Fsp3) is 0.500. The normalized spacial score (nSPS) is 15.4. The Balaban J connectivity index is 1.46. The molecule has 14 nitrogen and oxygen atoms in total. The number of esters is 2. The first-order valence-corrected chi connectivity index (χ1v) is 15.3. The number of nitrogens with zero attached hydrogens (tertiary/aromatic N) is 3. The summed E-state index contributed by atoms with van der Waals surface area (Å²) in [5.41, 5.74) is -0.0845. The van der Waals surface area contributed by atoms with Crippen molar-refractivity contribution in [3.63, 3.8) is 0 Å². The lowest BCUT2D eigenvalue weighted by atomic mass is 9.83. The molecule has 1 aliphatic rings. The third-order valence-corrected chi connectivity index (χ3v) is 8.12. The molecule has 0 bridgehead atoms. The molecule has 4 rings (SSSR count). The van der Waals surface area contributed by atoms with Crippen LogP contribution in [0.3, 0.4) is 0 Å². The van der Waals surface area contributed by atoms with Crippen LogP contribution in [0.1, 0.15) is 93.7 Å². The number of nitrogens with one attached hydrogen (secondary N) is 2. The van der Waals surface area contributed by atoms with Crippen LogP contribution in [0, 0.1) is 0 Å². The zero-order valence-electron chi connectivity index (χ0n) is 26.3. The van der Waals surface area contributed by atoms with Crippen molar-refractivity contribution in [1.82, 2.24) is 25.6 Å². The second-order valence-electron chi connectivity index (χ2n) is 11.5. The van der Waals surface area contributed by atoms with Crippen LogP contribution >= 0.6 is 0 Å². The van der Waals surface area contributed by atoms with Gasteiger partial charge in [0.25, 0.3) is 0 Å². The smallest absolute Gasteiger partial charge is 0.342 e. The number of ether oxygens (including phenoxy) is 2. The van der Waals surface area contributed by atoms with Gasteiger partial charge in [-0.25, -0.2) is 14.4 Å². The van der Waals surface area contributed by atoms with Gasteiger partial charge in [-0.1, -0.05) is 54.8 Å². The van der Waals surface area contributed by atoms with Crippen LogP contribution in [0.2, 0.25) is 0 Å². The van der Waals surface area contributed by atoms with E-state index in [1.165, 1.54) is 6.92 Å². The van der Waals surface area contributed by atoms with Gasteiger partial charge in [-0.3, -0.25) is 9.48 Å². The third-order valence-electron chi connectivity index (χ3n) is 8.12. The molecule has 1 aliphatic carbocycles. The monoisotopic (exact) mass is 639 g/mol. The van der Waals surface area contributed by atoms with Gasteiger partial charge < -0.3 is 34.7 Å². The number of Topliss-reactive ketones (excluding diaryl/α,β-unsaturated/α-hetero) is 1. The van der Waals surface area contributed by atoms with Gasteiger partial charge in [0.2, 0.25) is 0 Å². The Morgan fingerprint density at radius 1 is 1.00 bits per heavy atom. The standard InChI is InChI=1S/C32H41N5O9/c1-20(39)28-27(30(41)45-3)26(29(40)44-2)24(46-28)13-12-22(19-38)33-31(42)34-23(16-21-10-6-4-7-11-21)17-37-18-25(35-36-37)32(43)14-8-5-9-15-32/h4,6-7,10-11,18,22-23,38,43H,5,8-9,12-17,19H2,1-3H3,(H2,33,34,42)/t22-,23-/m0/s1. The van der Waals surface area contributed by atoms with Crippen LogP contribution in [-0.4, -0.2) is 81.9 Å². The van der Waals surface area contributed by atoms with Crippen molar-refractivity contribution in [2.24, 2.45) is 0 Å². The minimum atomic E-state index is -1.00. The molecular formula is C32H41N5O9. The molecule has 14 heteroatoms. The number of hydrogen-bond acceptors (Lipinski definition) is 11. The highest BCUT2D eigenvalue weighted by Gasteiger charge is 2.35. The molecular weight excluding hydrogens is 598 g/mol. The van der Waals surface area contributed by atoms with E-state index in [0.29, 0.717) is 25.0 Å². The van der Waals surface area contributed by atoms with E-state index >= 15 is 0 Å². The molecule has 3 aromatic rings. The first-order chi connectivity index (χ1) is 22.1. The van der Waals surface area contributed by atoms with Crippen LogP contribution in [0.15, 0.2) is 40.9 Å². The molecule has 1 aromatic carbocycles. The highest BCUT2D eigenvalue weighted by atomic mass is 16.5. The molecule has 4 N–H and O–H groups in total. The number of aliphatic hydroxyl groups is 2. The Morgan fingerprint density at radius 3 is 2.28 bits per heavy atom. The Morgan fingerprint density at radius 2 is 1.65 bits per heavy atom. The van der Waals surface area contributed by atoms with Crippen LogP contribution in [-0.2, 0) is 34.5 Å². The minimum Gasteiger partial charge on any atom is -0.465 e. The molecule has 1 fully saturated rings.